The lowest BCUT2D eigenvalue weighted by molar-refractivity contribution is 0.467. The van der Waals surface area contributed by atoms with Gasteiger partial charge in [0.05, 0.1) is 0 Å². The van der Waals surface area contributed by atoms with Gasteiger partial charge in [0.25, 0.3) is 0 Å². The van der Waals surface area contributed by atoms with Crippen molar-refractivity contribution in [1.82, 2.24) is 0 Å². The molecule has 36 heavy (non-hydrogen) atoms. The molecule has 1 aliphatic carbocycles. The van der Waals surface area contributed by atoms with Crippen molar-refractivity contribution < 1.29 is 0 Å². The van der Waals surface area contributed by atoms with Crippen LogP contribution in [0.15, 0.2) is 85.5 Å². The van der Waals surface area contributed by atoms with E-state index in [9.17, 15) is 0 Å². The predicted molar refractivity (Wildman–Crippen MR) is 157 cm³/mol. The quantitative estimate of drug-likeness (QED) is 0.309. The molecule has 1 fully saturated rings. The van der Waals surface area contributed by atoms with E-state index in [4.69, 9.17) is 0 Å². The third kappa shape index (κ3) is 5.12. The zero-order valence-corrected chi connectivity index (χ0v) is 22.2. The van der Waals surface area contributed by atoms with Crippen molar-refractivity contribution in [2.75, 3.05) is 18.0 Å². The van der Waals surface area contributed by atoms with Crippen molar-refractivity contribution >= 4 is 17.3 Å². The Balaban J connectivity index is 1.51. The van der Waals surface area contributed by atoms with Crippen molar-refractivity contribution in [3.8, 4) is 11.1 Å². The molecule has 1 atom stereocenters. The van der Waals surface area contributed by atoms with Crippen molar-refractivity contribution in [2.24, 2.45) is 11.8 Å². The molecule has 184 valence electrons. The van der Waals surface area contributed by atoms with Crippen LogP contribution in [0.2, 0.25) is 0 Å². The Morgan fingerprint density at radius 2 is 1.81 bits per heavy atom. The van der Waals surface area contributed by atoms with Crippen LogP contribution in [-0.4, -0.2) is 13.1 Å². The van der Waals surface area contributed by atoms with E-state index >= 15 is 0 Å². The molecular formula is C35H39N. The van der Waals surface area contributed by atoms with Gasteiger partial charge in [0.1, 0.15) is 0 Å². The highest BCUT2D eigenvalue weighted by Crippen LogP contribution is 2.36. The van der Waals surface area contributed by atoms with Crippen LogP contribution in [-0.2, 0) is 12.8 Å². The summed E-state index contributed by atoms with van der Waals surface area (Å²) < 4.78 is 0. The topological polar surface area (TPSA) is 3.24 Å². The number of rotatable bonds is 7. The second kappa shape index (κ2) is 10.3. The van der Waals surface area contributed by atoms with Gasteiger partial charge in [-0.15, -0.1) is 0 Å². The van der Waals surface area contributed by atoms with Crippen LogP contribution >= 0.6 is 0 Å². The SMILES string of the molecule is C=C(c1ccc(Cc2cc(-c3cccc4c3C=CC4)cc(N3CCCC(C(=C)C)C3)c2)cc1)C(C)C. The van der Waals surface area contributed by atoms with Crippen LogP contribution in [0.25, 0.3) is 22.8 Å². The van der Waals surface area contributed by atoms with Gasteiger partial charge in [-0.1, -0.05) is 93.3 Å². The second-order valence-electron chi connectivity index (χ2n) is 11.1. The number of benzene rings is 3. The molecule has 2 aliphatic rings. The fourth-order valence-corrected chi connectivity index (χ4v) is 5.68. The van der Waals surface area contributed by atoms with E-state index in [1.54, 1.807) is 0 Å². The Morgan fingerprint density at radius 3 is 2.56 bits per heavy atom. The average molecular weight is 474 g/mol. The Morgan fingerprint density at radius 1 is 1.00 bits per heavy atom. The lowest BCUT2D eigenvalue weighted by Gasteiger charge is -2.35. The van der Waals surface area contributed by atoms with Gasteiger partial charge in [0.2, 0.25) is 0 Å². The monoisotopic (exact) mass is 473 g/mol. The largest absolute Gasteiger partial charge is 0.371 e. The van der Waals surface area contributed by atoms with Gasteiger partial charge >= 0.3 is 0 Å². The number of nitrogens with zero attached hydrogens (tertiary/aromatic N) is 1. The molecule has 5 rings (SSSR count). The number of allylic oxidation sites excluding steroid dienone is 2. The minimum Gasteiger partial charge on any atom is -0.371 e. The standard InChI is InChI=1S/C35H39N/c1-24(2)26(5)29-16-14-27(15-17-29)19-28-20-32(35-13-7-10-30-9-6-12-34(30)35)22-33(21-28)36-18-8-11-31(23-36)25(3)4/h6-7,10,12-17,20-22,24,31H,3,5,8-9,11,18-19,23H2,1-2,4H3. The van der Waals surface area contributed by atoms with E-state index in [2.05, 4.69) is 112 Å². The summed E-state index contributed by atoms with van der Waals surface area (Å²) in [5.41, 5.74) is 13.3. The third-order valence-electron chi connectivity index (χ3n) is 8.02. The number of hydrogen-bond acceptors (Lipinski definition) is 1. The molecule has 0 spiro atoms. The first-order chi connectivity index (χ1) is 17.4. The van der Waals surface area contributed by atoms with Gasteiger partial charge in [-0.3, -0.25) is 0 Å². The van der Waals surface area contributed by atoms with E-state index in [1.165, 1.54) is 68.6 Å². The van der Waals surface area contributed by atoms with Crippen molar-refractivity contribution in [2.45, 2.75) is 46.5 Å². The Kier molecular flexibility index (Phi) is 7.01. The van der Waals surface area contributed by atoms with E-state index < -0.39 is 0 Å². The maximum absolute atomic E-state index is 4.28. The van der Waals surface area contributed by atoms with Gasteiger partial charge < -0.3 is 4.90 Å². The van der Waals surface area contributed by atoms with E-state index in [-0.39, 0.29) is 0 Å². The van der Waals surface area contributed by atoms with Crippen LogP contribution in [0.1, 0.15) is 61.4 Å². The molecule has 1 aliphatic heterocycles. The molecule has 1 heteroatoms. The minimum atomic E-state index is 0.462. The van der Waals surface area contributed by atoms with E-state index in [0.717, 1.165) is 25.9 Å². The number of anilines is 1. The van der Waals surface area contributed by atoms with Gasteiger partial charge in [0.15, 0.2) is 0 Å². The van der Waals surface area contributed by atoms with E-state index in [1.807, 2.05) is 0 Å². The zero-order chi connectivity index (χ0) is 25.2. The van der Waals surface area contributed by atoms with Crippen molar-refractivity contribution in [3.05, 3.63) is 113 Å². The summed E-state index contributed by atoms with van der Waals surface area (Å²) in [5, 5.41) is 0. The molecule has 0 radical (unpaired) electrons. The van der Waals surface area contributed by atoms with Gasteiger partial charge in [-0.05, 0) is 101 Å². The molecule has 0 N–H and O–H groups in total. The highest BCUT2D eigenvalue weighted by molar-refractivity contribution is 5.81. The summed E-state index contributed by atoms with van der Waals surface area (Å²) in [7, 11) is 0. The molecule has 1 saturated heterocycles. The van der Waals surface area contributed by atoms with Gasteiger partial charge in [0, 0.05) is 18.8 Å². The van der Waals surface area contributed by atoms with Crippen LogP contribution < -0.4 is 4.90 Å². The normalized spacial score (nSPS) is 16.9. The predicted octanol–water partition coefficient (Wildman–Crippen LogP) is 8.98. The minimum absolute atomic E-state index is 0.462. The second-order valence-corrected chi connectivity index (χ2v) is 11.1. The fraction of sp³-hybridized carbons (Fsp3) is 0.314. The van der Waals surface area contributed by atoms with E-state index in [0.29, 0.717) is 11.8 Å². The smallest absolute Gasteiger partial charge is 0.0375 e. The van der Waals surface area contributed by atoms with Gasteiger partial charge in [-0.2, -0.15) is 0 Å². The highest BCUT2D eigenvalue weighted by atomic mass is 15.1. The van der Waals surface area contributed by atoms with Crippen molar-refractivity contribution in [3.63, 3.8) is 0 Å². The molecule has 0 amide bonds. The summed E-state index contributed by atoms with van der Waals surface area (Å²) in [4.78, 5) is 2.59. The maximum atomic E-state index is 4.28. The van der Waals surface area contributed by atoms with Crippen LogP contribution in [0.4, 0.5) is 5.69 Å². The molecule has 3 aromatic rings. The van der Waals surface area contributed by atoms with Crippen LogP contribution in [0, 0.1) is 11.8 Å². The molecule has 3 aromatic carbocycles. The summed E-state index contributed by atoms with van der Waals surface area (Å²) in [5.74, 6) is 1.04. The molecule has 1 unspecified atom stereocenters. The highest BCUT2D eigenvalue weighted by Gasteiger charge is 2.22. The van der Waals surface area contributed by atoms with Crippen LogP contribution in [0.5, 0.6) is 0 Å². The Hall–Kier alpha value is -3.32. The average Bonchev–Trinajstić information content (AvgIpc) is 3.38. The molecule has 0 aromatic heterocycles. The third-order valence-corrected chi connectivity index (χ3v) is 8.02. The lowest BCUT2D eigenvalue weighted by Crippen LogP contribution is -2.35. The summed E-state index contributed by atoms with van der Waals surface area (Å²) in [6, 6.07) is 23.0. The lowest BCUT2D eigenvalue weighted by atomic mass is 9.90. The fourth-order valence-electron chi connectivity index (χ4n) is 5.68. The Labute approximate surface area is 217 Å². The number of piperidine rings is 1. The molecule has 0 saturated carbocycles. The first-order valence-electron chi connectivity index (χ1n) is 13.5. The summed E-state index contributed by atoms with van der Waals surface area (Å²) in [6.07, 6.45) is 9.03. The maximum Gasteiger partial charge on any atom is 0.0375 e. The zero-order valence-electron chi connectivity index (χ0n) is 22.2. The first-order valence-corrected chi connectivity index (χ1v) is 13.5. The Bertz CT molecular complexity index is 1300. The molecular weight excluding hydrogens is 434 g/mol. The molecule has 1 heterocycles. The number of fused-ring (bicyclic) bond motifs is 1. The van der Waals surface area contributed by atoms with Gasteiger partial charge in [-0.25, -0.2) is 0 Å². The van der Waals surface area contributed by atoms with Crippen molar-refractivity contribution in [1.29, 1.82) is 0 Å². The number of hydrogen-bond donors (Lipinski definition) is 0. The molecule has 0 bridgehead atoms. The molecule has 1 nitrogen and oxygen atoms in total. The first kappa shape index (κ1) is 24.4. The van der Waals surface area contributed by atoms with Crippen LogP contribution in [0.3, 0.4) is 0 Å². The summed E-state index contributed by atoms with van der Waals surface area (Å²) in [6.45, 7) is 17.3. The summed E-state index contributed by atoms with van der Waals surface area (Å²) >= 11 is 0.